The third-order valence-corrected chi connectivity index (χ3v) is 3.37. The molecule has 0 bridgehead atoms. The lowest BCUT2D eigenvalue weighted by Gasteiger charge is -2.26. The van der Waals surface area contributed by atoms with Crippen LogP contribution in [-0.2, 0) is 11.2 Å². The summed E-state index contributed by atoms with van der Waals surface area (Å²) >= 11 is 0. The van der Waals surface area contributed by atoms with Crippen LogP contribution in [0.5, 0.6) is 5.75 Å². The van der Waals surface area contributed by atoms with Crippen molar-refractivity contribution in [2.75, 3.05) is 6.54 Å². The summed E-state index contributed by atoms with van der Waals surface area (Å²) in [5.41, 5.74) is 0.622. The van der Waals surface area contributed by atoms with Gasteiger partial charge in [0, 0.05) is 6.04 Å². The Hall–Kier alpha value is -1.55. The molecule has 0 saturated carbocycles. The van der Waals surface area contributed by atoms with Crippen molar-refractivity contribution in [3.05, 3.63) is 29.8 Å². The van der Waals surface area contributed by atoms with Crippen molar-refractivity contribution in [3.8, 4) is 5.75 Å². The molecule has 1 atom stereocenters. The number of amides is 1. The largest absolute Gasteiger partial charge is 0.508 e. The predicted octanol–water partition coefficient (Wildman–Crippen LogP) is 2.22. The normalized spacial score (nSPS) is 13.0. The molecular formula is C16H26N2O2. The van der Waals surface area contributed by atoms with Gasteiger partial charge in [0.1, 0.15) is 5.75 Å². The van der Waals surface area contributed by atoms with Gasteiger partial charge in [0.05, 0.1) is 5.54 Å². The highest BCUT2D eigenvalue weighted by Gasteiger charge is 2.26. The van der Waals surface area contributed by atoms with Crippen LogP contribution in [0.2, 0.25) is 0 Å². The molecule has 0 radical (unpaired) electrons. The van der Waals surface area contributed by atoms with Crippen molar-refractivity contribution in [3.63, 3.8) is 0 Å². The van der Waals surface area contributed by atoms with Gasteiger partial charge in [-0.05, 0) is 57.9 Å². The lowest BCUT2D eigenvalue weighted by molar-refractivity contribution is -0.127. The lowest BCUT2D eigenvalue weighted by Crippen LogP contribution is -2.54. The number of rotatable bonds is 7. The number of nitrogens with one attached hydrogen (secondary N) is 2. The van der Waals surface area contributed by atoms with Crippen LogP contribution >= 0.6 is 0 Å². The van der Waals surface area contributed by atoms with Crippen LogP contribution in [0.3, 0.4) is 0 Å². The molecule has 1 aromatic carbocycles. The Morgan fingerprint density at radius 1 is 1.30 bits per heavy atom. The van der Waals surface area contributed by atoms with Crippen LogP contribution < -0.4 is 10.6 Å². The maximum absolute atomic E-state index is 12.1. The molecule has 112 valence electrons. The number of hydrogen-bond acceptors (Lipinski definition) is 3. The summed E-state index contributed by atoms with van der Waals surface area (Å²) in [5, 5.41) is 15.4. The first-order chi connectivity index (χ1) is 9.35. The minimum absolute atomic E-state index is 0.0255. The van der Waals surface area contributed by atoms with E-state index in [2.05, 4.69) is 10.6 Å². The van der Waals surface area contributed by atoms with Crippen molar-refractivity contribution < 1.29 is 9.90 Å². The van der Waals surface area contributed by atoms with Crippen molar-refractivity contribution >= 4 is 5.91 Å². The van der Waals surface area contributed by atoms with Crippen molar-refractivity contribution in [1.82, 2.24) is 10.6 Å². The first kappa shape index (κ1) is 16.5. The molecule has 0 fully saturated rings. The third-order valence-electron chi connectivity index (χ3n) is 3.37. The van der Waals surface area contributed by atoms with Crippen LogP contribution in [-0.4, -0.2) is 29.1 Å². The van der Waals surface area contributed by atoms with Gasteiger partial charge >= 0.3 is 0 Å². The summed E-state index contributed by atoms with van der Waals surface area (Å²) in [7, 11) is 0. The predicted molar refractivity (Wildman–Crippen MR) is 81.8 cm³/mol. The molecule has 1 unspecified atom stereocenters. The van der Waals surface area contributed by atoms with E-state index in [9.17, 15) is 9.90 Å². The van der Waals surface area contributed by atoms with E-state index in [1.165, 1.54) is 0 Å². The summed E-state index contributed by atoms with van der Waals surface area (Å²) < 4.78 is 0. The molecule has 1 rings (SSSR count). The molecule has 1 amide bonds. The Balaban J connectivity index is 2.41. The molecule has 20 heavy (non-hydrogen) atoms. The van der Waals surface area contributed by atoms with E-state index < -0.39 is 5.54 Å². The number of benzene rings is 1. The van der Waals surface area contributed by atoms with E-state index in [1.807, 2.05) is 39.8 Å². The zero-order chi connectivity index (χ0) is 15.2. The number of carbonyl (C=O) groups excluding carboxylic acids is 1. The fourth-order valence-corrected chi connectivity index (χ4v) is 2.04. The van der Waals surface area contributed by atoms with Gasteiger partial charge in [0.15, 0.2) is 0 Å². The standard InChI is InChI=1S/C16H26N2O2/c1-5-17-16(3,4)15(20)18-12(2)6-7-13-8-10-14(19)11-9-13/h8-12,17,19H,5-7H2,1-4H3,(H,18,20). The Bertz CT molecular complexity index is 427. The molecule has 0 heterocycles. The maximum atomic E-state index is 12.1. The highest BCUT2D eigenvalue weighted by molar-refractivity contribution is 5.85. The fourth-order valence-electron chi connectivity index (χ4n) is 2.04. The number of carbonyl (C=O) groups is 1. The molecule has 0 aliphatic carbocycles. The van der Waals surface area contributed by atoms with Crippen LogP contribution in [0.25, 0.3) is 0 Å². The van der Waals surface area contributed by atoms with Gasteiger partial charge in [-0.1, -0.05) is 19.1 Å². The highest BCUT2D eigenvalue weighted by Crippen LogP contribution is 2.12. The van der Waals surface area contributed by atoms with Crippen molar-refractivity contribution in [2.45, 2.75) is 52.1 Å². The van der Waals surface area contributed by atoms with Crippen LogP contribution in [0.15, 0.2) is 24.3 Å². The molecule has 4 nitrogen and oxygen atoms in total. The summed E-state index contributed by atoms with van der Waals surface area (Å²) in [6.07, 6.45) is 1.75. The maximum Gasteiger partial charge on any atom is 0.239 e. The zero-order valence-corrected chi connectivity index (χ0v) is 12.9. The molecule has 1 aromatic rings. The SMILES string of the molecule is CCNC(C)(C)C(=O)NC(C)CCc1ccc(O)cc1. The molecule has 0 aromatic heterocycles. The van der Waals surface area contributed by atoms with Gasteiger partial charge in [-0.2, -0.15) is 0 Å². The molecule has 0 aliphatic heterocycles. The highest BCUT2D eigenvalue weighted by atomic mass is 16.3. The second-order valence-corrected chi connectivity index (χ2v) is 5.73. The lowest BCUT2D eigenvalue weighted by atomic mass is 10.0. The summed E-state index contributed by atoms with van der Waals surface area (Å²) in [4.78, 5) is 12.1. The van der Waals surface area contributed by atoms with E-state index in [1.54, 1.807) is 12.1 Å². The zero-order valence-electron chi connectivity index (χ0n) is 12.9. The second-order valence-electron chi connectivity index (χ2n) is 5.73. The Morgan fingerprint density at radius 2 is 1.90 bits per heavy atom. The third kappa shape index (κ3) is 5.21. The first-order valence-corrected chi connectivity index (χ1v) is 7.19. The minimum atomic E-state index is -0.540. The molecule has 0 spiro atoms. The summed E-state index contributed by atoms with van der Waals surface area (Å²) in [5.74, 6) is 0.306. The number of phenolic OH excluding ortho intramolecular Hbond substituents is 1. The van der Waals surface area contributed by atoms with Crippen molar-refractivity contribution in [2.24, 2.45) is 0 Å². The van der Waals surface area contributed by atoms with E-state index in [4.69, 9.17) is 0 Å². The monoisotopic (exact) mass is 278 g/mol. The number of likely N-dealkylation sites (N-methyl/N-ethyl adjacent to an activating group) is 1. The average Bonchev–Trinajstić information content (AvgIpc) is 2.38. The Morgan fingerprint density at radius 3 is 2.45 bits per heavy atom. The van der Waals surface area contributed by atoms with E-state index in [-0.39, 0.29) is 17.7 Å². The number of hydrogen-bond donors (Lipinski definition) is 3. The minimum Gasteiger partial charge on any atom is -0.508 e. The molecule has 3 N–H and O–H groups in total. The van der Waals surface area contributed by atoms with Crippen LogP contribution in [0.4, 0.5) is 0 Å². The molecule has 0 saturated heterocycles. The fraction of sp³-hybridized carbons (Fsp3) is 0.562. The molecular weight excluding hydrogens is 252 g/mol. The Kier molecular flexibility index (Phi) is 6.02. The quantitative estimate of drug-likeness (QED) is 0.716. The van der Waals surface area contributed by atoms with Gasteiger partial charge in [0.25, 0.3) is 0 Å². The van der Waals surface area contributed by atoms with Crippen LogP contribution in [0.1, 0.15) is 39.7 Å². The number of phenols is 1. The van der Waals surface area contributed by atoms with Crippen molar-refractivity contribution in [1.29, 1.82) is 0 Å². The Labute approximate surface area is 121 Å². The van der Waals surface area contributed by atoms with Gasteiger partial charge in [-0.3, -0.25) is 4.79 Å². The smallest absolute Gasteiger partial charge is 0.239 e. The average molecular weight is 278 g/mol. The molecule has 4 heteroatoms. The molecule has 0 aliphatic rings. The number of aromatic hydroxyl groups is 1. The first-order valence-electron chi connectivity index (χ1n) is 7.19. The topological polar surface area (TPSA) is 61.4 Å². The van der Waals surface area contributed by atoms with E-state index >= 15 is 0 Å². The summed E-state index contributed by atoms with van der Waals surface area (Å²) in [6.45, 7) is 8.54. The second kappa shape index (κ2) is 7.29. The van der Waals surface area contributed by atoms with E-state index in [0.717, 1.165) is 24.9 Å². The van der Waals surface area contributed by atoms with Gasteiger partial charge in [-0.15, -0.1) is 0 Å². The van der Waals surface area contributed by atoms with Gasteiger partial charge < -0.3 is 15.7 Å². The van der Waals surface area contributed by atoms with Crippen LogP contribution in [0, 0.1) is 0 Å². The van der Waals surface area contributed by atoms with E-state index in [0.29, 0.717) is 0 Å². The van der Waals surface area contributed by atoms with Gasteiger partial charge in [0.2, 0.25) is 5.91 Å². The number of aryl methyl sites for hydroxylation is 1. The van der Waals surface area contributed by atoms with Gasteiger partial charge in [-0.25, -0.2) is 0 Å². The summed E-state index contributed by atoms with van der Waals surface area (Å²) in [6, 6.07) is 7.31.